The van der Waals surface area contributed by atoms with Gasteiger partial charge in [0, 0.05) is 11.1 Å². The number of rotatable bonds is 5. The van der Waals surface area contributed by atoms with E-state index in [1.807, 2.05) is 24.3 Å². The summed E-state index contributed by atoms with van der Waals surface area (Å²) in [6.07, 6.45) is 0. The van der Waals surface area contributed by atoms with Gasteiger partial charge in [0.25, 0.3) is 0 Å². The Kier molecular flexibility index (Phi) is 6.00. The Hall–Kier alpha value is -2.73. The summed E-state index contributed by atoms with van der Waals surface area (Å²) in [6.45, 7) is 8.07. The number of ether oxygens (including phenoxy) is 2. The normalized spacial score (nSPS) is 11.0. The van der Waals surface area contributed by atoms with Gasteiger partial charge in [-0.25, -0.2) is 9.59 Å². The Morgan fingerprint density at radius 3 is 1.70 bits per heavy atom. The van der Waals surface area contributed by atoms with Crippen molar-refractivity contribution in [1.29, 1.82) is 0 Å². The van der Waals surface area contributed by atoms with Crippen LogP contribution in [0.15, 0.2) is 36.4 Å². The molecule has 0 saturated carbocycles. The van der Waals surface area contributed by atoms with Crippen LogP contribution in [0.2, 0.25) is 19.6 Å². The van der Waals surface area contributed by atoms with Crippen LogP contribution >= 0.6 is 0 Å². The molecule has 6 heteroatoms. The number of carbonyl (C=O) groups excluding carboxylic acids is 3. The van der Waals surface area contributed by atoms with Crippen LogP contribution < -0.4 is 5.19 Å². The molecule has 0 aliphatic carbocycles. The molecule has 0 fully saturated rings. The van der Waals surface area contributed by atoms with Gasteiger partial charge in [-0.2, -0.15) is 0 Å². The molecule has 142 valence electrons. The van der Waals surface area contributed by atoms with E-state index >= 15 is 0 Å². The van der Waals surface area contributed by atoms with Gasteiger partial charge in [-0.1, -0.05) is 49.1 Å². The summed E-state index contributed by atoms with van der Waals surface area (Å²) < 4.78 is 9.68. The molecule has 2 aromatic rings. The van der Waals surface area contributed by atoms with E-state index in [0.717, 1.165) is 0 Å². The third-order valence-electron chi connectivity index (χ3n) is 4.41. The molecule has 0 amide bonds. The van der Waals surface area contributed by atoms with Crippen LogP contribution in [0.4, 0.5) is 0 Å². The fourth-order valence-electron chi connectivity index (χ4n) is 2.97. The van der Waals surface area contributed by atoms with Crippen LogP contribution in [0.25, 0.3) is 11.1 Å². The highest BCUT2D eigenvalue weighted by atomic mass is 28.3. The molecule has 2 aromatic carbocycles. The highest BCUT2D eigenvalue weighted by Crippen LogP contribution is 2.32. The van der Waals surface area contributed by atoms with Crippen molar-refractivity contribution in [2.75, 3.05) is 14.2 Å². The van der Waals surface area contributed by atoms with Crippen LogP contribution in [-0.4, -0.2) is 40.0 Å². The van der Waals surface area contributed by atoms with Crippen molar-refractivity contribution >= 4 is 31.0 Å². The molecule has 0 heterocycles. The lowest BCUT2D eigenvalue weighted by Gasteiger charge is -2.19. The minimum absolute atomic E-state index is 0.127. The number of Topliss-reactive ketones (excluding diaryl/α,β-unsaturated/α-hetero) is 1. The van der Waals surface area contributed by atoms with Gasteiger partial charge in [0.05, 0.1) is 33.4 Å². The summed E-state index contributed by atoms with van der Waals surface area (Å²) in [5.41, 5.74) is 1.58. The van der Waals surface area contributed by atoms with Crippen LogP contribution in [-0.2, 0) is 9.47 Å². The van der Waals surface area contributed by atoms with Crippen LogP contribution in [0, 0.1) is 0 Å². The number of methoxy groups -OCH3 is 2. The molecule has 0 atom stereocenters. The average molecular weight is 385 g/mol. The molecule has 0 saturated heterocycles. The zero-order valence-corrected chi connectivity index (χ0v) is 17.5. The van der Waals surface area contributed by atoms with Crippen LogP contribution in [0.1, 0.15) is 38.0 Å². The Morgan fingerprint density at radius 1 is 0.778 bits per heavy atom. The van der Waals surface area contributed by atoms with Gasteiger partial charge in [-0.05, 0) is 24.6 Å². The van der Waals surface area contributed by atoms with Crippen LogP contribution in [0.3, 0.4) is 0 Å². The first kappa shape index (κ1) is 20.6. The second-order valence-electron chi connectivity index (χ2n) is 7.28. The number of benzene rings is 2. The molecule has 0 N–H and O–H groups in total. The zero-order chi connectivity index (χ0) is 20.4. The molecule has 0 bridgehead atoms. The van der Waals surface area contributed by atoms with E-state index in [1.165, 1.54) is 38.5 Å². The number of ketones is 1. The molecule has 0 spiro atoms. The maximum Gasteiger partial charge on any atom is 0.338 e. The first-order valence-electron chi connectivity index (χ1n) is 8.57. The minimum Gasteiger partial charge on any atom is -0.465 e. The second-order valence-corrected chi connectivity index (χ2v) is 12.4. The van der Waals surface area contributed by atoms with Gasteiger partial charge < -0.3 is 9.47 Å². The van der Waals surface area contributed by atoms with Gasteiger partial charge in [0.15, 0.2) is 5.78 Å². The van der Waals surface area contributed by atoms with Crippen molar-refractivity contribution in [3.8, 4) is 11.1 Å². The average Bonchev–Trinajstić information content (AvgIpc) is 2.64. The smallest absolute Gasteiger partial charge is 0.338 e. The molecule has 0 aromatic heterocycles. The standard InChI is InChI=1S/C21H24O5Si/c1-13(22)18-16(20(23)25-2)11-12-17(21(24)26-3)19(18)14-7-9-15(10-8-14)27(4,5)6/h7-12H,1-6H3. The second kappa shape index (κ2) is 7.88. The molecule has 0 aliphatic heterocycles. The summed E-state index contributed by atoms with van der Waals surface area (Å²) in [5.74, 6) is -1.53. The topological polar surface area (TPSA) is 69.7 Å². The molecule has 0 aliphatic rings. The van der Waals surface area contributed by atoms with Crippen molar-refractivity contribution in [3.05, 3.63) is 53.1 Å². The maximum atomic E-state index is 12.4. The highest BCUT2D eigenvalue weighted by Gasteiger charge is 2.26. The third-order valence-corrected chi connectivity index (χ3v) is 6.47. The molecule has 2 rings (SSSR count). The van der Waals surface area contributed by atoms with Gasteiger partial charge in [0.2, 0.25) is 0 Å². The van der Waals surface area contributed by atoms with E-state index in [-0.39, 0.29) is 22.5 Å². The lowest BCUT2D eigenvalue weighted by atomic mass is 9.89. The fourth-order valence-corrected chi connectivity index (χ4v) is 4.13. The summed E-state index contributed by atoms with van der Waals surface area (Å²) in [6, 6.07) is 10.7. The van der Waals surface area contributed by atoms with Gasteiger partial charge in [-0.15, -0.1) is 0 Å². The monoisotopic (exact) mass is 384 g/mol. The van der Waals surface area contributed by atoms with E-state index in [2.05, 4.69) is 19.6 Å². The molecule has 5 nitrogen and oxygen atoms in total. The van der Waals surface area contributed by atoms with E-state index in [4.69, 9.17) is 9.47 Å². The van der Waals surface area contributed by atoms with Crippen molar-refractivity contribution < 1.29 is 23.9 Å². The number of esters is 2. The number of hydrogen-bond donors (Lipinski definition) is 0. The Morgan fingerprint density at radius 2 is 1.26 bits per heavy atom. The molecule has 27 heavy (non-hydrogen) atoms. The first-order chi connectivity index (χ1) is 12.6. The van der Waals surface area contributed by atoms with Gasteiger partial charge >= 0.3 is 11.9 Å². The third kappa shape index (κ3) is 4.16. The molecular weight excluding hydrogens is 360 g/mol. The molecular formula is C21H24O5Si. The van der Waals surface area contributed by atoms with E-state index in [1.54, 1.807) is 0 Å². The maximum absolute atomic E-state index is 12.4. The number of hydrogen-bond acceptors (Lipinski definition) is 5. The minimum atomic E-state index is -1.50. The fraction of sp³-hybridized carbons (Fsp3) is 0.286. The largest absolute Gasteiger partial charge is 0.465 e. The van der Waals surface area contributed by atoms with Crippen molar-refractivity contribution in [2.24, 2.45) is 0 Å². The predicted molar refractivity (Wildman–Crippen MR) is 108 cm³/mol. The van der Waals surface area contributed by atoms with Crippen molar-refractivity contribution in [2.45, 2.75) is 26.6 Å². The van der Waals surface area contributed by atoms with Gasteiger partial charge in [-0.3, -0.25) is 4.79 Å². The zero-order valence-electron chi connectivity index (χ0n) is 16.5. The lowest BCUT2D eigenvalue weighted by Crippen LogP contribution is -2.37. The summed E-state index contributed by atoms with van der Waals surface area (Å²) in [5, 5.41) is 1.25. The molecule has 0 radical (unpaired) electrons. The lowest BCUT2D eigenvalue weighted by molar-refractivity contribution is 0.0585. The van der Waals surface area contributed by atoms with Crippen LogP contribution in [0.5, 0.6) is 0 Å². The summed E-state index contributed by atoms with van der Waals surface area (Å²) >= 11 is 0. The van der Waals surface area contributed by atoms with E-state index in [9.17, 15) is 14.4 Å². The number of carbonyl (C=O) groups is 3. The Balaban J connectivity index is 2.83. The summed E-state index contributed by atoms with van der Waals surface area (Å²) in [4.78, 5) is 36.9. The summed E-state index contributed by atoms with van der Waals surface area (Å²) in [7, 11) is 1.03. The Labute approximate surface area is 160 Å². The predicted octanol–water partition coefficient (Wildman–Crippen LogP) is 3.67. The first-order valence-corrected chi connectivity index (χ1v) is 12.1. The van der Waals surface area contributed by atoms with Crippen molar-refractivity contribution in [3.63, 3.8) is 0 Å². The SMILES string of the molecule is COC(=O)c1ccc(C(=O)OC)c(-c2ccc([Si](C)(C)C)cc2)c1C(C)=O. The van der Waals surface area contributed by atoms with E-state index < -0.39 is 20.0 Å². The molecule has 0 unspecified atom stereocenters. The van der Waals surface area contributed by atoms with E-state index in [0.29, 0.717) is 11.1 Å². The Bertz CT molecular complexity index is 892. The van der Waals surface area contributed by atoms with Gasteiger partial charge in [0.1, 0.15) is 0 Å². The quantitative estimate of drug-likeness (QED) is 0.447. The van der Waals surface area contributed by atoms with Crippen molar-refractivity contribution in [1.82, 2.24) is 0 Å². The highest BCUT2D eigenvalue weighted by molar-refractivity contribution is 6.88.